The lowest BCUT2D eigenvalue weighted by Crippen LogP contribution is -2.04. The van der Waals surface area contributed by atoms with Gasteiger partial charge in [-0.05, 0) is 24.2 Å². The molecule has 4 heteroatoms. The summed E-state index contributed by atoms with van der Waals surface area (Å²) in [5.41, 5.74) is 8.86. The van der Waals surface area contributed by atoms with Crippen molar-refractivity contribution in [3.05, 3.63) is 36.2 Å². The van der Waals surface area contributed by atoms with Crippen LogP contribution in [0.1, 0.15) is 5.69 Å². The van der Waals surface area contributed by atoms with Crippen LogP contribution < -0.4 is 10.5 Å². The van der Waals surface area contributed by atoms with Crippen LogP contribution in [0.15, 0.2) is 30.5 Å². The molecular formula is C13H17N3O. The molecule has 90 valence electrons. The van der Waals surface area contributed by atoms with Gasteiger partial charge in [0.2, 0.25) is 0 Å². The molecule has 0 atom stereocenters. The molecule has 0 spiro atoms. The van der Waals surface area contributed by atoms with Gasteiger partial charge in [-0.3, -0.25) is 4.68 Å². The number of ether oxygens (including phenoxy) is 1. The summed E-state index contributed by atoms with van der Waals surface area (Å²) in [4.78, 5) is 0. The van der Waals surface area contributed by atoms with Gasteiger partial charge in [0.25, 0.3) is 0 Å². The number of hydrogen-bond donors (Lipinski definition) is 1. The third kappa shape index (κ3) is 2.47. The number of nitrogens with zero attached hydrogens (tertiary/aromatic N) is 2. The molecule has 0 unspecified atom stereocenters. The fourth-order valence-corrected chi connectivity index (χ4v) is 1.89. The van der Waals surface area contributed by atoms with E-state index in [2.05, 4.69) is 11.2 Å². The number of nitrogens with two attached hydrogens (primary N) is 1. The van der Waals surface area contributed by atoms with Gasteiger partial charge in [0.05, 0.1) is 12.8 Å². The fourth-order valence-electron chi connectivity index (χ4n) is 1.89. The van der Waals surface area contributed by atoms with E-state index in [1.165, 1.54) is 0 Å². The SMILES string of the molecule is COc1cccc(-c2cn(C)nc2CCN)c1. The molecule has 0 bridgehead atoms. The minimum Gasteiger partial charge on any atom is -0.497 e. The molecule has 2 rings (SSSR count). The molecule has 1 aromatic heterocycles. The maximum Gasteiger partial charge on any atom is 0.119 e. The molecule has 1 aromatic carbocycles. The molecule has 0 aliphatic carbocycles. The Hall–Kier alpha value is -1.81. The van der Waals surface area contributed by atoms with Gasteiger partial charge in [-0.2, -0.15) is 5.10 Å². The van der Waals surface area contributed by atoms with Crippen molar-refractivity contribution in [2.45, 2.75) is 6.42 Å². The van der Waals surface area contributed by atoms with Gasteiger partial charge in [-0.25, -0.2) is 0 Å². The second-order valence-corrected chi connectivity index (χ2v) is 3.93. The Balaban J connectivity index is 2.43. The van der Waals surface area contributed by atoms with Crippen molar-refractivity contribution in [2.75, 3.05) is 13.7 Å². The average molecular weight is 231 g/mol. The van der Waals surface area contributed by atoms with E-state index < -0.39 is 0 Å². The number of benzene rings is 1. The number of hydrogen-bond acceptors (Lipinski definition) is 3. The number of aromatic nitrogens is 2. The van der Waals surface area contributed by atoms with Crippen LogP contribution in [0, 0.1) is 0 Å². The maximum atomic E-state index is 5.60. The molecule has 0 aliphatic heterocycles. The Morgan fingerprint density at radius 1 is 1.41 bits per heavy atom. The molecule has 2 aromatic rings. The van der Waals surface area contributed by atoms with Gasteiger partial charge < -0.3 is 10.5 Å². The molecule has 1 heterocycles. The highest BCUT2D eigenvalue weighted by molar-refractivity contribution is 5.66. The third-order valence-corrected chi connectivity index (χ3v) is 2.67. The van der Waals surface area contributed by atoms with Crippen molar-refractivity contribution >= 4 is 0 Å². The summed E-state index contributed by atoms with van der Waals surface area (Å²) in [5.74, 6) is 0.852. The molecule has 0 saturated carbocycles. The second kappa shape index (κ2) is 5.01. The van der Waals surface area contributed by atoms with Gasteiger partial charge in [0.1, 0.15) is 5.75 Å². The molecule has 0 radical (unpaired) electrons. The first-order valence-electron chi connectivity index (χ1n) is 5.61. The van der Waals surface area contributed by atoms with Crippen molar-refractivity contribution in [1.82, 2.24) is 9.78 Å². The van der Waals surface area contributed by atoms with E-state index in [4.69, 9.17) is 10.5 Å². The summed E-state index contributed by atoms with van der Waals surface area (Å²) in [5, 5.41) is 4.43. The molecule has 17 heavy (non-hydrogen) atoms. The number of rotatable bonds is 4. The topological polar surface area (TPSA) is 53.1 Å². The second-order valence-electron chi connectivity index (χ2n) is 3.93. The molecule has 0 saturated heterocycles. The average Bonchev–Trinajstić information content (AvgIpc) is 2.71. The highest BCUT2D eigenvalue weighted by atomic mass is 16.5. The van der Waals surface area contributed by atoms with Crippen LogP contribution in [0.5, 0.6) is 5.75 Å². The summed E-state index contributed by atoms with van der Waals surface area (Å²) in [6.45, 7) is 0.605. The van der Waals surface area contributed by atoms with E-state index in [1.54, 1.807) is 7.11 Å². The predicted molar refractivity (Wildman–Crippen MR) is 68.0 cm³/mol. The van der Waals surface area contributed by atoms with E-state index in [0.29, 0.717) is 6.54 Å². The monoisotopic (exact) mass is 231 g/mol. The Labute approximate surface area is 101 Å². The zero-order chi connectivity index (χ0) is 12.3. The molecule has 2 N–H and O–H groups in total. The summed E-state index contributed by atoms with van der Waals surface area (Å²) in [7, 11) is 3.59. The quantitative estimate of drug-likeness (QED) is 0.869. The largest absolute Gasteiger partial charge is 0.497 e. The first-order valence-corrected chi connectivity index (χ1v) is 5.61. The van der Waals surface area contributed by atoms with Crippen LogP contribution in [0.25, 0.3) is 11.1 Å². The van der Waals surface area contributed by atoms with Crippen molar-refractivity contribution in [1.29, 1.82) is 0 Å². The van der Waals surface area contributed by atoms with Gasteiger partial charge >= 0.3 is 0 Å². The Bertz CT molecular complexity index is 505. The van der Waals surface area contributed by atoms with Crippen LogP contribution >= 0.6 is 0 Å². The minimum atomic E-state index is 0.605. The molecule has 0 fully saturated rings. The summed E-state index contributed by atoms with van der Waals surface area (Å²) >= 11 is 0. The zero-order valence-corrected chi connectivity index (χ0v) is 10.2. The Kier molecular flexibility index (Phi) is 3.44. The maximum absolute atomic E-state index is 5.60. The van der Waals surface area contributed by atoms with E-state index in [0.717, 1.165) is 29.0 Å². The highest BCUT2D eigenvalue weighted by Crippen LogP contribution is 2.26. The van der Waals surface area contributed by atoms with Crippen LogP contribution in [0.3, 0.4) is 0 Å². The van der Waals surface area contributed by atoms with Crippen LogP contribution in [0.4, 0.5) is 0 Å². The van der Waals surface area contributed by atoms with Gasteiger partial charge in [0, 0.05) is 25.2 Å². The van der Waals surface area contributed by atoms with Crippen molar-refractivity contribution in [2.24, 2.45) is 12.8 Å². The van der Waals surface area contributed by atoms with E-state index in [-0.39, 0.29) is 0 Å². The number of aryl methyl sites for hydroxylation is 1. The van der Waals surface area contributed by atoms with Crippen molar-refractivity contribution in [3.8, 4) is 16.9 Å². The normalized spacial score (nSPS) is 10.5. The summed E-state index contributed by atoms with van der Waals surface area (Å²) in [6.07, 6.45) is 2.80. The van der Waals surface area contributed by atoms with Crippen molar-refractivity contribution < 1.29 is 4.74 Å². The van der Waals surface area contributed by atoms with Crippen molar-refractivity contribution in [3.63, 3.8) is 0 Å². The first kappa shape index (κ1) is 11.7. The van der Waals surface area contributed by atoms with Gasteiger partial charge in [-0.15, -0.1) is 0 Å². The van der Waals surface area contributed by atoms with Crippen LogP contribution in [-0.2, 0) is 13.5 Å². The predicted octanol–water partition coefficient (Wildman–Crippen LogP) is 1.60. The Morgan fingerprint density at radius 3 is 2.94 bits per heavy atom. The van der Waals surface area contributed by atoms with Crippen LogP contribution in [-0.4, -0.2) is 23.4 Å². The lowest BCUT2D eigenvalue weighted by atomic mass is 10.0. The van der Waals surface area contributed by atoms with E-state index in [1.807, 2.05) is 36.1 Å². The minimum absolute atomic E-state index is 0.605. The van der Waals surface area contributed by atoms with E-state index >= 15 is 0 Å². The third-order valence-electron chi connectivity index (χ3n) is 2.67. The fraction of sp³-hybridized carbons (Fsp3) is 0.308. The van der Waals surface area contributed by atoms with Gasteiger partial charge in [0.15, 0.2) is 0 Å². The molecule has 0 amide bonds. The first-order chi connectivity index (χ1) is 8.24. The van der Waals surface area contributed by atoms with Crippen LogP contribution in [0.2, 0.25) is 0 Å². The molecule has 0 aliphatic rings. The zero-order valence-electron chi connectivity index (χ0n) is 10.2. The van der Waals surface area contributed by atoms with Gasteiger partial charge in [-0.1, -0.05) is 12.1 Å². The summed E-state index contributed by atoms with van der Waals surface area (Å²) < 4.78 is 7.05. The highest BCUT2D eigenvalue weighted by Gasteiger charge is 2.09. The Morgan fingerprint density at radius 2 is 2.24 bits per heavy atom. The summed E-state index contributed by atoms with van der Waals surface area (Å²) in [6, 6.07) is 7.98. The standard InChI is InChI=1S/C13H17N3O/c1-16-9-12(13(15-16)6-7-14)10-4-3-5-11(8-10)17-2/h3-5,8-9H,6-7,14H2,1-2H3. The molecular weight excluding hydrogens is 214 g/mol. The van der Waals surface area contributed by atoms with E-state index in [9.17, 15) is 0 Å². The lowest BCUT2D eigenvalue weighted by molar-refractivity contribution is 0.415. The molecule has 4 nitrogen and oxygen atoms in total. The smallest absolute Gasteiger partial charge is 0.119 e. The lowest BCUT2D eigenvalue weighted by Gasteiger charge is -2.04. The number of methoxy groups -OCH3 is 1.